The van der Waals surface area contributed by atoms with Gasteiger partial charge in [-0.2, -0.15) is 0 Å². The molecule has 92 valence electrons. The Kier molecular flexibility index (Phi) is 1.79. The predicted octanol–water partition coefficient (Wildman–Crippen LogP) is 1.34. The van der Waals surface area contributed by atoms with Crippen molar-refractivity contribution in [3.63, 3.8) is 0 Å². The summed E-state index contributed by atoms with van der Waals surface area (Å²) in [7, 11) is 0. The van der Waals surface area contributed by atoms with Gasteiger partial charge in [0, 0.05) is 23.0 Å². The topological polar surface area (TPSA) is 70.4 Å². The number of nitrogens with one attached hydrogen (secondary N) is 1. The average Bonchev–Trinajstić information content (AvgIpc) is 3.01. The largest absolute Gasteiger partial charge is 0.515 e. The molecule has 4 aromatic rings. The van der Waals surface area contributed by atoms with Crippen molar-refractivity contribution in [1.82, 2.24) is 14.4 Å². The van der Waals surface area contributed by atoms with E-state index in [-0.39, 0.29) is 5.56 Å². The summed E-state index contributed by atoms with van der Waals surface area (Å²) in [6, 6.07) is 7.64. The standard InChI is InChI=1S/C14H9N3O2/c18-7-10-8-3-1-2-4-9(8)11-12(10)17-6-5-15-13(17)14(19)16-11/h1-7,18H,(H,16,19)/b10-7+. The third kappa shape index (κ3) is 1.14. The fraction of sp³-hybridized carbons (Fsp3) is 0. The highest BCUT2D eigenvalue weighted by Gasteiger charge is 2.13. The fourth-order valence-corrected chi connectivity index (χ4v) is 2.65. The van der Waals surface area contributed by atoms with Gasteiger partial charge in [0.25, 0.3) is 5.56 Å². The van der Waals surface area contributed by atoms with Crippen LogP contribution in [0.3, 0.4) is 0 Å². The Hall–Kier alpha value is -2.82. The number of benzene rings is 1. The van der Waals surface area contributed by atoms with Crippen molar-refractivity contribution >= 4 is 33.7 Å². The van der Waals surface area contributed by atoms with Gasteiger partial charge >= 0.3 is 0 Å². The van der Waals surface area contributed by atoms with Crippen LogP contribution in [0.15, 0.2) is 41.5 Å². The van der Waals surface area contributed by atoms with Gasteiger partial charge in [-0.15, -0.1) is 0 Å². The first kappa shape index (κ1) is 10.1. The van der Waals surface area contributed by atoms with Crippen LogP contribution in [0, 0.1) is 0 Å². The van der Waals surface area contributed by atoms with Gasteiger partial charge < -0.3 is 10.1 Å². The molecule has 2 aromatic carbocycles. The Morgan fingerprint density at radius 1 is 1.26 bits per heavy atom. The Labute approximate surface area is 106 Å². The predicted molar refractivity (Wildman–Crippen MR) is 73.1 cm³/mol. The molecule has 0 radical (unpaired) electrons. The van der Waals surface area contributed by atoms with Crippen LogP contribution in [-0.2, 0) is 0 Å². The Bertz CT molecular complexity index is 1040. The van der Waals surface area contributed by atoms with E-state index in [9.17, 15) is 9.90 Å². The summed E-state index contributed by atoms with van der Waals surface area (Å²) < 4.78 is 1.70. The molecule has 0 atom stereocenters. The maximum Gasteiger partial charge on any atom is 0.292 e. The number of nitrogens with zero attached hydrogens (tertiary/aromatic N) is 2. The molecule has 0 aliphatic heterocycles. The van der Waals surface area contributed by atoms with Gasteiger partial charge in [0.2, 0.25) is 5.65 Å². The smallest absolute Gasteiger partial charge is 0.292 e. The van der Waals surface area contributed by atoms with Crippen molar-refractivity contribution < 1.29 is 5.11 Å². The summed E-state index contributed by atoms with van der Waals surface area (Å²) in [5.74, 6) is 0. The first-order valence-corrected chi connectivity index (χ1v) is 5.85. The van der Waals surface area contributed by atoms with E-state index in [0.29, 0.717) is 16.4 Å². The van der Waals surface area contributed by atoms with Crippen molar-refractivity contribution in [2.45, 2.75) is 0 Å². The van der Waals surface area contributed by atoms with Gasteiger partial charge in [0.15, 0.2) is 0 Å². The molecule has 0 aliphatic carbocycles. The monoisotopic (exact) mass is 251 g/mol. The summed E-state index contributed by atoms with van der Waals surface area (Å²) in [4.78, 5) is 18.9. The third-order valence-electron chi connectivity index (χ3n) is 3.43. The fourth-order valence-electron chi connectivity index (χ4n) is 2.65. The summed E-state index contributed by atoms with van der Waals surface area (Å²) in [6.45, 7) is 0. The van der Waals surface area contributed by atoms with Crippen molar-refractivity contribution in [3.8, 4) is 0 Å². The van der Waals surface area contributed by atoms with Crippen LogP contribution in [0.5, 0.6) is 0 Å². The van der Waals surface area contributed by atoms with E-state index in [4.69, 9.17) is 0 Å². The number of H-pyrrole nitrogens is 1. The van der Waals surface area contributed by atoms with Gasteiger partial charge in [0.05, 0.1) is 17.3 Å². The highest BCUT2D eigenvalue weighted by Crippen LogP contribution is 2.21. The number of rotatable bonds is 0. The minimum Gasteiger partial charge on any atom is -0.515 e. The summed E-state index contributed by atoms with van der Waals surface area (Å²) in [5.41, 5.74) is 1.56. The zero-order valence-electron chi connectivity index (χ0n) is 9.79. The molecule has 19 heavy (non-hydrogen) atoms. The first-order valence-electron chi connectivity index (χ1n) is 5.85. The molecule has 0 fully saturated rings. The van der Waals surface area contributed by atoms with Gasteiger partial charge in [-0.05, 0) is 5.39 Å². The number of imidazole rings is 1. The molecule has 2 N–H and O–H groups in total. The summed E-state index contributed by atoms with van der Waals surface area (Å²) in [6.07, 6.45) is 4.37. The molecule has 2 heterocycles. The van der Waals surface area contributed by atoms with Gasteiger partial charge in [-0.3, -0.25) is 9.20 Å². The molecule has 0 saturated heterocycles. The molecule has 5 heteroatoms. The molecule has 0 bridgehead atoms. The highest BCUT2D eigenvalue weighted by atomic mass is 16.2. The van der Waals surface area contributed by atoms with Crippen LogP contribution in [0.1, 0.15) is 0 Å². The van der Waals surface area contributed by atoms with E-state index in [1.807, 2.05) is 24.3 Å². The van der Waals surface area contributed by atoms with Crippen LogP contribution in [-0.4, -0.2) is 19.5 Å². The Morgan fingerprint density at radius 3 is 2.84 bits per heavy atom. The van der Waals surface area contributed by atoms with Crippen LogP contribution in [0.25, 0.3) is 33.7 Å². The lowest BCUT2D eigenvalue weighted by Crippen LogP contribution is -2.12. The van der Waals surface area contributed by atoms with Gasteiger partial charge in [-0.25, -0.2) is 4.98 Å². The van der Waals surface area contributed by atoms with Crippen molar-refractivity contribution in [2.75, 3.05) is 0 Å². The molecular weight excluding hydrogens is 242 g/mol. The number of aromatic nitrogens is 3. The number of aliphatic hydroxyl groups is 1. The lowest BCUT2D eigenvalue weighted by atomic mass is 10.2. The van der Waals surface area contributed by atoms with E-state index in [1.54, 1.807) is 16.8 Å². The lowest BCUT2D eigenvalue weighted by Gasteiger charge is -1.96. The average molecular weight is 251 g/mol. The molecule has 2 aromatic heterocycles. The normalized spacial score (nSPS) is 12.9. The second-order valence-electron chi connectivity index (χ2n) is 4.39. The quantitative estimate of drug-likeness (QED) is 0.495. The van der Waals surface area contributed by atoms with Crippen LogP contribution in [0.4, 0.5) is 0 Å². The molecule has 0 amide bonds. The summed E-state index contributed by atoms with van der Waals surface area (Å²) >= 11 is 0. The first-order chi connectivity index (χ1) is 9.31. The molecular formula is C14H9N3O2. The maximum absolute atomic E-state index is 12.0. The molecule has 0 aliphatic rings. The van der Waals surface area contributed by atoms with Gasteiger partial charge in [0.1, 0.15) is 0 Å². The number of hydrogen-bond acceptors (Lipinski definition) is 3. The number of fused-ring (bicyclic) bond motifs is 5. The van der Waals surface area contributed by atoms with Crippen LogP contribution >= 0.6 is 0 Å². The van der Waals surface area contributed by atoms with Crippen molar-refractivity contribution in [3.05, 3.63) is 52.2 Å². The van der Waals surface area contributed by atoms with E-state index in [1.165, 1.54) is 0 Å². The van der Waals surface area contributed by atoms with Crippen molar-refractivity contribution in [1.29, 1.82) is 0 Å². The zero-order chi connectivity index (χ0) is 13.0. The third-order valence-corrected chi connectivity index (χ3v) is 3.43. The molecule has 0 saturated carbocycles. The van der Waals surface area contributed by atoms with Crippen LogP contribution in [0.2, 0.25) is 0 Å². The Balaban J connectivity index is 2.53. The molecule has 0 unspecified atom stereocenters. The van der Waals surface area contributed by atoms with E-state index in [2.05, 4.69) is 9.97 Å². The lowest BCUT2D eigenvalue weighted by molar-refractivity contribution is 0.541. The summed E-state index contributed by atoms with van der Waals surface area (Å²) in [5, 5.41) is 12.0. The van der Waals surface area contributed by atoms with Crippen molar-refractivity contribution in [2.24, 2.45) is 0 Å². The van der Waals surface area contributed by atoms with E-state index < -0.39 is 0 Å². The minimum absolute atomic E-state index is 0.238. The number of aromatic amines is 1. The second-order valence-corrected chi connectivity index (χ2v) is 4.39. The van der Waals surface area contributed by atoms with E-state index in [0.717, 1.165) is 22.6 Å². The van der Waals surface area contributed by atoms with Crippen LogP contribution < -0.4 is 10.8 Å². The molecule has 0 spiro atoms. The Morgan fingerprint density at radius 2 is 2.05 bits per heavy atom. The molecule has 4 rings (SSSR count). The maximum atomic E-state index is 12.0. The zero-order valence-corrected chi connectivity index (χ0v) is 9.79. The van der Waals surface area contributed by atoms with Gasteiger partial charge in [-0.1, -0.05) is 24.3 Å². The SMILES string of the molecule is O=c1[nH]c2c3ccccc3/c(=C\O)c2n2ccnc12. The molecule has 5 nitrogen and oxygen atoms in total. The number of aliphatic hydroxyl groups excluding tert-OH is 1. The second kappa shape index (κ2) is 3.35. The minimum atomic E-state index is -0.238. The number of hydrogen-bond donors (Lipinski definition) is 2. The highest BCUT2D eigenvalue weighted by molar-refractivity contribution is 6.09. The van der Waals surface area contributed by atoms with E-state index >= 15 is 0 Å².